The number of allylic oxidation sites excluding steroid dienone is 4. The Kier molecular flexibility index (Phi) is 3.31. The van der Waals surface area contributed by atoms with Crippen molar-refractivity contribution in [1.29, 1.82) is 0 Å². The minimum atomic E-state index is 0. The number of hydrogen-bond donors (Lipinski definition) is 0. The van der Waals surface area contributed by atoms with Crippen molar-refractivity contribution in [1.82, 2.24) is 0 Å². The fourth-order valence-corrected chi connectivity index (χ4v) is 0.716. The van der Waals surface area contributed by atoms with Gasteiger partial charge in [0.05, 0.1) is 0 Å². The Labute approximate surface area is 64.9 Å². The molecule has 0 heterocycles. The van der Waals surface area contributed by atoms with E-state index in [4.69, 9.17) is 0 Å². The van der Waals surface area contributed by atoms with Gasteiger partial charge in [-0.1, -0.05) is 23.3 Å². The molecular formula is C7H10Pt. The fourth-order valence-electron chi connectivity index (χ4n) is 0.716. The first-order valence-electron chi connectivity index (χ1n) is 2.63. The minimum absolute atomic E-state index is 0. The zero-order valence-electron chi connectivity index (χ0n) is 5.18. The molecule has 1 aliphatic rings. The molecule has 0 saturated heterocycles. The third kappa shape index (κ3) is 1.59. The van der Waals surface area contributed by atoms with Crippen LogP contribution in [-0.4, -0.2) is 0 Å². The molecule has 0 bridgehead atoms. The third-order valence-corrected chi connectivity index (χ3v) is 1.47. The Hall–Kier alpha value is 0.168. The molecule has 0 atom stereocenters. The van der Waals surface area contributed by atoms with E-state index in [0.717, 1.165) is 0 Å². The van der Waals surface area contributed by atoms with Crippen molar-refractivity contribution in [3.63, 3.8) is 0 Å². The second-order valence-corrected chi connectivity index (χ2v) is 2.07. The van der Waals surface area contributed by atoms with Crippen molar-refractivity contribution in [3.8, 4) is 0 Å². The van der Waals surface area contributed by atoms with Gasteiger partial charge in [-0.3, -0.25) is 0 Å². The molecule has 0 radical (unpaired) electrons. The Morgan fingerprint density at radius 3 is 2.12 bits per heavy atom. The summed E-state index contributed by atoms with van der Waals surface area (Å²) in [6, 6.07) is 0. The molecule has 0 saturated carbocycles. The smallest absolute Gasteiger partial charge is 0 e. The molecule has 0 aromatic heterocycles. The standard InChI is InChI=1S/C7H10.Pt/c1-6-4-3-5-7(6)2;/h3-4H,5H2,1-2H3;. The third-order valence-electron chi connectivity index (χ3n) is 1.47. The predicted molar refractivity (Wildman–Crippen MR) is 32.1 cm³/mol. The molecule has 0 aromatic rings. The summed E-state index contributed by atoms with van der Waals surface area (Å²) >= 11 is 0. The SMILES string of the molecule is CC1=C(C)CC=C1.[Pt]. The van der Waals surface area contributed by atoms with Crippen LogP contribution >= 0.6 is 0 Å². The van der Waals surface area contributed by atoms with E-state index >= 15 is 0 Å². The van der Waals surface area contributed by atoms with Gasteiger partial charge in [0.1, 0.15) is 0 Å². The summed E-state index contributed by atoms with van der Waals surface area (Å²) in [4.78, 5) is 0. The Bertz CT molecular complexity index is 131. The molecule has 8 heavy (non-hydrogen) atoms. The van der Waals surface area contributed by atoms with Gasteiger partial charge in [0, 0.05) is 21.1 Å². The molecular weight excluding hydrogens is 279 g/mol. The van der Waals surface area contributed by atoms with E-state index < -0.39 is 0 Å². The molecule has 0 amide bonds. The average Bonchev–Trinajstić information content (AvgIpc) is 1.91. The summed E-state index contributed by atoms with van der Waals surface area (Å²) in [7, 11) is 0. The second-order valence-electron chi connectivity index (χ2n) is 2.07. The molecule has 48 valence electrons. The van der Waals surface area contributed by atoms with E-state index in [2.05, 4.69) is 26.0 Å². The van der Waals surface area contributed by atoms with Gasteiger partial charge in [-0.25, -0.2) is 0 Å². The van der Waals surface area contributed by atoms with Gasteiger partial charge in [0.25, 0.3) is 0 Å². The Balaban J connectivity index is 0.000000490. The second kappa shape index (κ2) is 3.24. The van der Waals surface area contributed by atoms with Crippen molar-refractivity contribution < 1.29 is 21.1 Å². The van der Waals surface area contributed by atoms with Crippen LogP contribution in [-0.2, 0) is 21.1 Å². The molecule has 1 rings (SSSR count). The fraction of sp³-hybridized carbons (Fsp3) is 0.429. The van der Waals surface area contributed by atoms with Crippen molar-refractivity contribution >= 4 is 0 Å². The van der Waals surface area contributed by atoms with Gasteiger partial charge < -0.3 is 0 Å². The Morgan fingerprint density at radius 2 is 2.00 bits per heavy atom. The number of rotatable bonds is 0. The molecule has 0 aliphatic heterocycles. The molecule has 0 nitrogen and oxygen atoms in total. The van der Waals surface area contributed by atoms with Gasteiger partial charge >= 0.3 is 0 Å². The monoisotopic (exact) mass is 289 g/mol. The van der Waals surface area contributed by atoms with Crippen LogP contribution in [0.2, 0.25) is 0 Å². The minimum Gasteiger partial charge on any atom is -0.0802 e. The first-order chi connectivity index (χ1) is 3.30. The molecule has 1 aliphatic carbocycles. The molecule has 0 spiro atoms. The van der Waals surface area contributed by atoms with Crippen LogP contribution in [0.5, 0.6) is 0 Å². The quantitative estimate of drug-likeness (QED) is 0.642. The zero-order valence-corrected chi connectivity index (χ0v) is 7.45. The van der Waals surface area contributed by atoms with Crippen LogP contribution in [0.25, 0.3) is 0 Å². The van der Waals surface area contributed by atoms with E-state index in [1.807, 2.05) is 0 Å². The summed E-state index contributed by atoms with van der Waals surface area (Å²) in [5, 5.41) is 0. The van der Waals surface area contributed by atoms with Gasteiger partial charge in [-0.15, -0.1) is 0 Å². The largest absolute Gasteiger partial charge is 0.0802 e. The summed E-state index contributed by atoms with van der Waals surface area (Å²) in [6.07, 6.45) is 5.55. The van der Waals surface area contributed by atoms with Gasteiger partial charge in [-0.05, 0) is 20.3 Å². The van der Waals surface area contributed by atoms with E-state index in [1.54, 1.807) is 0 Å². The van der Waals surface area contributed by atoms with Crippen molar-refractivity contribution in [3.05, 3.63) is 23.3 Å². The molecule has 0 unspecified atom stereocenters. The maximum Gasteiger partial charge on any atom is 0 e. The molecule has 0 N–H and O–H groups in total. The van der Waals surface area contributed by atoms with Crippen LogP contribution < -0.4 is 0 Å². The van der Waals surface area contributed by atoms with E-state index in [9.17, 15) is 0 Å². The molecule has 0 fully saturated rings. The molecule has 0 aromatic carbocycles. The van der Waals surface area contributed by atoms with Crippen molar-refractivity contribution in [2.45, 2.75) is 20.3 Å². The first-order valence-corrected chi connectivity index (χ1v) is 2.63. The summed E-state index contributed by atoms with van der Waals surface area (Å²) < 4.78 is 0. The van der Waals surface area contributed by atoms with Crippen LogP contribution in [0, 0.1) is 0 Å². The van der Waals surface area contributed by atoms with Crippen LogP contribution in [0.1, 0.15) is 20.3 Å². The summed E-state index contributed by atoms with van der Waals surface area (Å²) in [6.45, 7) is 4.33. The topological polar surface area (TPSA) is 0 Å². The van der Waals surface area contributed by atoms with E-state index in [0.29, 0.717) is 0 Å². The van der Waals surface area contributed by atoms with Crippen molar-refractivity contribution in [2.24, 2.45) is 0 Å². The van der Waals surface area contributed by atoms with E-state index in [-0.39, 0.29) is 21.1 Å². The van der Waals surface area contributed by atoms with Crippen molar-refractivity contribution in [2.75, 3.05) is 0 Å². The van der Waals surface area contributed by atoms with Gasteiger partial charge in [0.2, 0.25) is 0 Å². The summed E-state index contributed by atoms with van der Waals surface area (Å²) in [5.41, 5.74) is 2.96. The molecule has 1 heteroatoms. The normalized spacial score (nSPS) is 16.8. The van der Waals surface area contributed by atoms with Gasteiger partial charge in [-0.2, -0.15) is 0 Å². The van der Waals surface area contributed by atoms with Gasteiger partial charge in [0.15, 0.2) is 0 Å². The number of hydrogen-bond acceptors (Lipinski definition) is 0. The maximum absolute atomic E-state index is 2.20. The average molecular weight is 289 g/mol. The summed E-state index contributed by atoms with van der Waals surface area (Å²) in [5.74, 6) is 0. The maximum atomic E-state index is 2.20. The first kappa shape index (κ1) is 8.17. The Morgan fingerprint density at radius 1 is 1.38 bits per heavy atom. The van der Waals surface area contributed by atoms with Crippen LogP contribution in [0.3, 0.4) is 0 Å². The van der Waals surface area contributed by atoms with Crippen LogP contribution in [0.15, 0.2) is 23.3 Å². The van der Waals surface area contributed by atoms with E-state index in [1.165, 1.54) is 17.6 Å². The predicted octanol–water partition coefficient (Wildman–Crippen LogP) is 2.28. The van der Waals surface area contributed by atoms with Crippen LogP contribution in [0.4, 0.5) is 0 Å². The zero-order chi connectivity index (χ0) is 5.28.